The number of amides is 1. The standard InChI is InChI=1S/C16H20N4O3/c1-11-9-12(2)20(18-11)14-7-6-13(10-17-14)16(23)19(3)8-4-5-15(21)22/h6-7,9-10H,4-5,8H2,1-3H3,(H,21,22). The number of nitrogens with zero attached hydrogens (tertiary/aromatic N) is 4. The number of hydrogen-bond donors (Lipinski definition) is 1. The van der Waals surface area contributed by atoms with Crippen molar-refractivity contribution in [3.05, 3.63) is 41.3 Å². The molecule has 7 nitrogen and oxygen atoms in total. The summed E-state index contributed by atoms with van der Waals surface area (Å²) in [7, 11) is 1.65. The van der Waals surface area contributed by atoms with Gasteiger partial charge in [0.1, 0.15) is 0 Å². The van der Waals surface area contributed by atoms with Gasteiger partial charge in [-0.3, -0.25) is 9.59 Å². The molecule has 0 saturated heterocycles. The Morgan fingerprint density at radius 2 is 2.04 bits per heavy atom. The maximum Gasteiger partial charge on any atom is 0.303 e. The minimum atomic E-state index is -0.859. The van der Waals surface area contributed by atoms with Crippen molar-refractivity contribution >= 4 is 11.9 Å². The van der Waals surface area contributed by atoms with Crippen LogP contribution in [0.5, 0.6) is 0 Å². The van der Waals surface area contributed by atoms with Crippen LogP contribution in [0.3, 0.4) is 0 Å². The van der Waals surface area contributed by atoms with Crippen LogP contribution in [0.25, 0.3) is 5.82 Å². The van der Waals surface area contributed by atoms with Crippen molar-refractivity contribution in [2.45, 2.75) is 26.7 Å². The van der Waals surface area contributed by atoms with E-state index in [2.05, 4.69) is 10.1 Å². The molecule has 23 heavy (non-hydrogen) atoms. The number of pyridine rings is 1. The second-order valence-corrected chi connectivity index (χ2v) is 5.47. The Hall–Kier alpha value is -2.70. The zero-order valence-electron chi connectivity index (χ0n) is 13.5. The van der Waals surface area contributed by atoms with Crippen molar-refractivity contribution in [2.24, 2.45) is 0 Å². The van der Waals surface area contributed by atoms with E-state index in [0.717, 1.165) is 11.4 Å². The summed E-state index contributed by atoms with van der Waals surface area (Å²) in [6, 6.07) is 5.41. The van der Waals surface area contributed by atoms with Gasteiger partial charge in [-0.15, -0.1) is 0 Å². The van der Waals surface area contributed by atoms with Crippen molar-refractivity contribution in [1.82, 2.24) is 19.7 Å². The van der Waals surface area contributed by atoms with Crippen LogP contribution >= 0.6 is 0 Å². The second kappa shape index (κ2) is 7.04. The average Bonchev–Trinajstić information content (AvgIpc) is 2.85. The Morgan fingerprint density at radius 1 is 1.30 bits per heavy atom. The van der Waals surface area contributed by atoms with Crippen LogP contribution in [0.2, 0.25) is 0 Å². The van der Waals surface area contributed by atoms with Crippen molar-refractivity contribution < 1.29 is 14.7 Å². The summed E-state index contributed by atoms with van der Waals surface area (Å²) < 4.78 is 1.72. The predicted molar refractivity (Wildman–Crippen MR) is 84.7 cm³/mol. The number of carbonyl (C=O) groups is 2. The van der Waals surface area contributed by atoms with Gasteiger partial charge < -0.3 is 10.0 Å². The molecule has 1 N–H and O–H groups in total. The van der Waals surface area contributed by atoms with Crippen molar-refractivity contribution in [3.8, 4) is 5.82 Å². The maximum atomic E-state index is 12.3. The van der Waals surface area contributed by atoms with Gasteiger partial charge in [-0.2, -0.15) is 5.10 Å². The summed E-state index contributed by atoms with van der Waals surface area (Å²) in [5.74, 6) is -0.384. The van der Waals surface area contributed by atoms with Gasteiger partial charge in [0.05, 0.1) is 11.3 Å². The van der Waals surface area contributed by atoms with Crippen LogP contribution in [0, 0.1) is 13.8 Å². The summed E-state index contributed by atoms with van der Waals surface area (Å²) in [5.41, 5.74) is 2.34. The molecule has 0 aliphatic rings. The fraction of sp³-hybridized carbons (Fsp3) is 0.375. The Labute approximate surface area is 134 Å². The highest BCUT2D eigenvalue weighted by Gasteiger charge is 2.13. The molecule has 2 rings (SSSR count). The van der Waals surface area contributed by atoms with Gasteiger partial charge in [-0.1, -0.05) is 0 Å². The zero-order chi connectivity index (χ0) is 17.0. The first-order valence-electron chi connectivity index (χ1n) is 7.35. The van der Waals surface area contributed by atoms with Crippen LogP contribution < -0.4 is 0 Å². The summed E-state index contributed by atoms with van der Waals surface area (Å²) in [4.78, 5) is 28.6. The van der Waals surface area contributed by atoms with E-state index in [4.69, 9.17) is 5.11 Å². The lowest BCUT2D eigenvalue weighted by Gasteiger charge is -2.16. The number of aryl methyl sites for hydroxylation is 2. The Morgan fingerprint density at radius 3 is 2.57 bits per heavy atom. The second-order valence-electron chi connectivity index (χ2n) is 5.47. The van der Waals surface area contributed by atoms with E-state index in [9.17, 15) is 9.59 Å². The highest BCUT2D eigenvalue weighted by atomic mass is 16.4. The Balaban J connectivity index is 2.05. The fourth-order valence-corrected chi connectivity index (χ4v) is 2.29. The molecule has 7 heteroatoms. The molecular formula is C16H20N4O3. The lowest BCUT2D eigenvalue weighted by molar-refractivity contribution is -0.137. The van der Waals surface area contributed by atoms with Crippen molar-refractivity contribution in [2.75, 3.05) is 13.6 Å². The lowest BCUT2D eigenvalue weighted by atomic mass is 10.2. The van der Waals surface area contributed by atoms with Crippen LogP contribution in [0.1, 0.15) is 34.6 Å². The monoisotopic (exact) mass is 316 g/mol. The molecular weight excluding hydrogens is 296 g/mol. The number of carboxylic acids is 1. The van der Waals surface area contributed by atoms with E-state index in [1.807, 2.05) is 19.9 Å². The number of hydrogen-bond acceptors (Lipinski definition) is 4. The molecule has 122 valence electrons. The lowest BCUT2D eigenvalue weighted by Crippen LogP contribution is -2.28. The molecule has 0 aromatic carbocycles. The minimum absolute atomic E-state index is 0.0483. The molecule has 0 saturated carbocycles. The third kappa shape index (κ3) is 4.15. The van der Waals surface area contributed by atoms with Gasteiger partial charge in [0.25, 0.3) is 5.91 Å². The van der Waals surface area contributed by atoms with Gasteiger partial charge >= 0.3 is 5.97 Å². The number of carboxylic acid groups (broad SMARTS) is 1. The Kier molecular flexibility index (Phi) is 5.10. The largest absolute Gasteiger partial charge is 0.481 e. The van der Waals surface area contributed by atoms with Gasteiger partial charge in [-0.25, -0.2) is 9.67 Å². The quantitative estimate of drug-likeness (QED) is 0.878. The molecule has 2 aromatic rings. The Bertz CT molecular complexity index is 707. The molecule has 0 spiro atoms. The molecule has 2 aromatic heterocycles. The van der Waals surface area contributed by atoms with Gasteiger partial charge in [0.15, 0.2) is 5.82 Å². The summed E-state index contributed by atoms with van der Waals surface area (Å²) in [6.45, 7) is 4.24. The van der Waals surface area contributed by atoms with Crippen molar-refractivity contribution in [1.29, 1.82) is 0 Å². The molecule has 0 unspecified atom stereocenters. The van der Waals surface area contributed by atoms with Gasteiger partial charge in [0, 0.05) is 31.9 Å². The normalized spacial score (nSPS) is 10.6. The molecule has 0 fully saturated rings. The number of rotatable bonds is 6. The van der Waals surface area contributed by atoms with Crippen LogP contribution in [-0.2, 0) is 4.79 Å². The van der Waals surface area contributed by atoms with Crippen LogP contribution in [-0.4, -0.2) is 50.2 Å². The van der Waals surface area contributed by atoms with Gasteiger partial charge in [0.2, 0.25) is 0 Å². The highest BCUT2D eigenvalue weighted by molar-refractivity contribution is 5.93. The zero-order valence-corrected chi connectivity index (χ0v) is 13.5. The number of carbonyl (C=O) groups excluding carboxylic acids is 1. The summed E-state index contributed by atoms with van der Waals surface area (Å²) >= 11 is 0. The smallest absolute Gasteiger partial charge is 0.303 e. The molecule has 0 aliphatic heterocycles. The SMILES string of the molecule is Cc1cc(C)n(-c2ccc(C(=O)N(C)CCCC(=O)O)cn2)n1. The molecule has 2 heterocycles. The van der Waals surface area contributed by atoms with E-state index >= 15 is 0 Å². The predicted octanol–water partition coefficient (Wildman–Crippen LogP) is 1.82. The van der Waals surface area contributed by atoms with Crippen LogP contribution in [0.15, 0.2) is 24.4 Å². The molecule has 0 bridgehead atoms. The van der Waals surface area contributed by atoms with E-state index in [0.29, 0.717) is 24.3 Å². The van der Waals surface area contributed by atoms with E-state index in [-0.39, 0.29) is 12.3 Å². The first kappa shape index (κ1) is 16.7. The fourth-order valence-electron chi connectivity index (χ4n) is 2.29. The summed E-state index contributed by atoms with van der Waals surface area (Å²) in [5, 5.41) is 13.0. The number of aromatic nitrogens is 3. The van der Waals surface area contributed by atoms with Gasteiger partial charge in [-0.05, 0) is 38.5 Å². The van der Waals surface area contributed by atoms with E-state index in [1.54, 1.807) is 23.9 Å². The van der Waals surface area contributed by atoms with E-state index < -0.39 is 5.97 Å². The number of aliphatic carboxylic acids is 1. The molecule has 0 atom stereocenters. The average molecular weight is 316 g/mol. The molecule has 0 radical (unpaired) electrons. The highest BCUT2D eigenvalue weighted by Crippen LogP contribution is 2.11. The topological polar surface area (TPSA) is 88.3 Å². The first-order chi connectivity index (χ1) is 10.9. The molecule has 1 amide bonds. The third-order valence-corrected chi connectivity index (χ3v) is 3.45. The van der Waals surface area contributed by atoms with Crippen LogP contribution in [0.4, 0.5) is 0 Å². The van der Waals surface area contributed by atoms with E-state index in [1.165, 1.54) is 11.1 Å². The first-order valence-corrected chi connectivity index (χ1v) is 7.35. The minimum Gasteiger partial charge on any atom is -0.481 e. The molecule has 0 aliphatic carbocycles. The summed E-state index contributed by atoms with van der Waals surface area (Å²) in [6.07, 6.45) is 1.99. The third-order valence-electron chi connectivity index (χ3n) is 3.45. The maximum absolute atomic E-state index is 12.3. The van der Waals surface area contributed by atoms with Crippen molar-refractivity contribution in [3.63, 3.8) is 0 Å².